The van der Waals surface area contributed by atoms with Crippen LogP contribution in [0.1, 0.15) is 69.8 Å². The molecule has 29 heavy (non-hydrogen) atoms. The number of aryl methyl sites for hydroxylation is 1. The molecule has 8 heteroatoms. The van der Waals surface area contributed by atoms with Gasteiger partial charge in [0.1, 0.15) is 0 Å². The first-order chi connectivity index (χ1) is 14.0. The van der Waals surface area contributed by atoms with Crippen molar-refractivity contribution < 1.29 is 14.3 Å². The second kappa shape index (κ2) is 9.69. The third-order valence-electron chi connectivity index (χ3n) is 5.79. The van der Waals surface area contributed by atoms with Crippen molar-refractivity contribution in [1.82, 2.24) is 20.2 Å². The van der Waals surface area contributed by atoms with Gasteiger partial charge in [0.25, 0.3) is 0 Å². The number of esters is 1. The van der Waals surface area contributed by atoms with Gasteiger partial charge >= 0.3 is 12.0 Å². The monoisotopic (exact) mass is 420 g/mol. The Kier molecular flexibility index (Phi) is 7.27. The van der Waals surface area contributed by atoms with Gasteiger partial charge in [-0.2, -0.15) is 0 Å². The van der Waals surface area contributed by atoms with Crippen molar-refractivity contribution in [1.29, 1.82) is 0 Å². The lowest BCUT2D eigenvalue weighted by atomic mass is 9.95. The highest BCUT2D eigenvalue weighted by Crippen LogP contribution is 2.35. The van der Waals surface area contributed by atoms with Crippen LogP contribution in [-0.4, -0.2) is 40.0 Å². The summed E-state index contributed by atoms with van der Waals surface area (Å²) in [7, 11) is 0. The summed E-state index contributed by atoms with van der Waals surface area (Å²) >= 11 is 1.58. The van der Waals surface area contributed by atoms with Crippen molar-refractivity contribution >= 4 is 23.8 Å². The van der Waals surface area contributed by atoms with Crippen LogP contribution in [0.3, 0.4) is 0 Å². The summed E-state index contributed by atoms with van der Waals surface area (Å²) in [6.45, 7) is 8.21. The highest BCUT2D eigenvalue weighted by atomic mass is 32.2. The number of imidazole rings is 1. The Labute approximate surface area is 177 Å². The summed E-state index contributed by atoms with van der Waals surface area (Å²) in [5, 5.41) is 6.61. The topological polar surface area (TPSA) is 85.2 Å². The van der Waals surface area contributed by atoms with Crippen LogP contribution >= 0.6 is 11.8 Å². The molecule has 1 fully saturated rings. The molecule has 0 spiro atoms. The van der Waals surface area contributed by atoms with E-state index in [1.54, 1.807) is 18.7 Å². The van der Waals surface area contributed by atoms with Crippen molar-refractivity contribution in [2.75, 3.05) is 12.4 Å². The van der Waals surface area contributed by atoms with Crippen molar-refractivity contribution in [2.45, 2.75) is 83.5 Å². The molecular weight excluding hydrogens is 388 g/mol. The molecule has 3 rings (SSSR count). The number of aromatic nitrogens is 2. The minimum Gasteiger partial charge on any atom is -0.463 e. The Morgan fingerprint density at radius 2 is 1.97 bits per heavy atom. The lowest BCUT2D eigenvalue weighted by molar-refractivity contribution is -0.139. The van der Waals surface area contributed by atoms with Gasteiger partial charge < -0.3 is 19.9 Å². The highest BCUT2D eigenvalue weighted by Gasteiger charge is 2.32. The van der Waals surface area contributed by atoms with E-state index in [0.29, 0.717) is 36.1 Å². The molecule has 1 saturated carbocycles. The molecule has 2 amide bonds. The average molecular weight is 421 g/mol. The summed E-state index contributed by atoms with van der Waals surface area (Å²) in [4.78, 5) is 29.5. The molecule has 2 aliphatic rings. The van der Waals surface area contributed by atoms with E-state index in [2.05, 4.69) is 22.1 Å². The molecule has 160 valence electrons. The van der Waals surface area contributed by atoms with E-state index in [4.69, 9.17) is 9.72 Å². The maximum absolute atomic E-state index is 12.6. The number of thioether (sulfide) groups is 1. The number of carbonyl (C=O) groups is 2. The van der Waals surface area contributed by atoms with Crippen LogP contribution < -0.4 is 10.6 Å². The van der Waals surface area contributed by atoms with Crippen molar-refractivity contribution in [3.8, 4) is 0 Å². The van der Waals surface area contributed by atoms with E-state index in [1.165, 1.54) is 37.8 Å². The van der Waals surface area contributed by atoms with Crippen LogP contribution in [0.2, 0.25) is 0 Å². The predicted molar refractivity (Wildman–Crippen MR) is 114 cm³/mol. The molecule has 1 aliphatic heterocycles. The highest BCUT2D eigenvalue weighted by molar-refractivity contribution is 7.99. The SMILES string of the molecule is CCOC(=O)C1=C(CSc2nc(C)c(C)n2C2CCCCC2)NC(=O)NC1CC. The molecule has 0 saturated heterocycles. The minimum atomic E-state index is -0.370. The standard InChI is InChI=1S/C21H32N4O3S/c1-5-16-18(19(26)28-6-2)17(24-20(27)23-16)12-29-21-22-13(3)14(4)25(21)15-10-8-7-9-11-15/h15-16H,5-12H2,1-4H3,(H2,23,24,27). The number of rotatable bonds is 7. The van der Waals surface area contributed by atoms with Gasteiger partial charge in [0.15, 0.2) is 5.16 Å². The first-order valence-corrected chi connectivity index (χ1v) is 11.6. The number of ether oxygens (including phenoxy) is 1. The van der Waals surface area contributed by atoms with Gasteiger partial charge in [0.2, 0.25) is 0 Å². The second-order valence-corrected chi connectivity index (χ2v) is 8.63. The molecule has 7 nitrogen and oxygen atoms in total. The number of carbonyl (C=O) groups excluding carboxylic acids is 2. The maximum Gasteiger partial charge on any atom is 0.337 e. The van der Waals surface area contributed by atoms with Crippen LogP contribution in [0.15, 0.2) is 16.4 Å². The maximum atomic E-state index is 12.6. The van der Waals surface area contributed by atoms with Crippen LogP contribution in [0.25, 0.3) is 0 Å². The Bertz CT molecular complexity index is 796. The number of amides is 2. The van der Waals surface area contributed by atoms with E-state index in [-0.39, 0.29) is 18.0 Å². The Balaban J connectivity index is 1.87. The number of hydrogen-bond acceptors (Lipinski definition) is 5. The minimum absolute atomic E-state index is 0.275. The number of nitrogens with one attached hydrogen (secondary N) is 2. The molecule has 1 aliphatic carbocycles. The van der Waals surface area contributed by atoms with Gasteiger partial charge in [-0.05, 0) is 40.0 Å². The zero-order valence-electron chi connectivity index (χ0n) is 17.8. The van der Waals surface area contributed by atoms with Gasteiger partial charge in [0, 0.05) is 23.2 Å². The Hall–Kier alpha value is -1.96. The molecule has 1 unspecified atom stereocenters. The fraction of sp³-hybridized carbons (Fsp3) is 0.667. The van der Waals surface area contributed by atoms with E-state index < -0.39 is 0 Å². The van der Waals surface area contributed by atoms with E-state index in [9.17, 15) is 9.59 Å². The smallest absolute Gasteiger partial charge is 0.337 e. The largest absolute Gasteiger partial charge is 0.463 e. The van der Waals surface area contributed by atoms with Crippen LogP contribution in [0, 0.1) is 13.8 Å². The van der Waals surface area contributed by atoms with Crippen molar-refractivity contribution in [3.05, 3.63) is 22.7 Å². The summed E-state index contributed by atoms with van der Waals surface area (Å²) < 4.78 is 7.62. The van der Waals surface area contributed by atoms with Gasteiger partial charge in [-0.25, -0.2) is 14.6 Å². The quantitative estimate of drug-likeness (QED) is 0.514. The third kappa shape index (κ3) is 4.79. The van der Waals surface area contributed by atoms with Crippen LogP contribution in [-0.2, 0) is 9.53 Å². The normalized spacial score (nSPS) is 20.4. The lowest BCUT2D eigenvalue weighted by Crippen LogP contribution is -2.50. The molecule has 2 heterocycles. The van der Waals surface area contributed by atoms with Gasteiger partial charge in [-0.1, -0.05) is 37.9 Å². The molecule has 1 atom stereocenters. The molecule has 1 aromatic rings. The van der Waals surface area contributed by atoms with Gasteiger partial charge in [0.05, 0.1) is 23.9 Å². The first kappa shape index (κ1) is 21.7. The molecule has 0 bridgehead atoms. The second-order valence-electron chi connectivity index (χ2n) is 7.69. The summed E-state index contributed by atoms with van der Waals surface area (Å²) in [6.07, 6.45) is 6.80. The Morgan fingerprint density at radius 3 is 2.62 bits per heavy atom. The lowest BCUT2D eigenvalue weighted by Gasteiger charge is -2.29. The molecule has 1 aromatic heterocycles. The average Bonchev–Trinajstić information content (AvgIpc) is 3.00. The van der Waals surface area contributed by atoms with Crippen molar-refractivity contribution in [3.63, 3.8) is 0 Å². The Morgan fingerprint density at radius 1 is 1.24 bits per heavy atom. The number of urea groups is 1. The summed E-state index contributed by atoms with van der Waals surface area (Å²) in [5.74, 6) is 0.103. The van der Waals surface area contributed by atoms with Crippen LogP contribution in [0.5, 0.6) is 0 Å². The predicted octanol–water partition coefficient (Wildman–Crippen LogP) is 4.01. The third-order valence-corrected chi connectivity index (χ3v) is 6.77. The fourth-order valence-electron chi connectivity index (χ4n) is 4.18. The summed E-state index contributed by atoms with van der Waals surface area (Å²) in [6, 6.07) is -0.125. The van der Waals surface area contributed by atoms with Gasteiger partial charge in [-0.15, -0.1) is 0 Å². The summed E-state index contributed by atoms with van der Waals surface area (Å²) in [5.41, 5.74) is 3.39. The number of hydrogen-bond donors (Lipinski definition) is 2. The van der Waals surface area contributed by atoms with Gasteiger partial charge in [-0.3, -0.25) is 0 Å². The van der Waals surface area contributed by atoms with Crippen LogP contribution in [0.4, 0.5) is 4.79 Å². The van der Waals surface area contributed by atoms with Crippen molar-refractivity contribution in [2.24, 2.45) is 0 Å². The zero-order chi connectivity index (χ0) is 21.0. The first-order valence-electron chi connectivity index (χ1n) is 10.6. The fourth-order valence-corrected chi connectivity index (χ4v) is 5.31. The molecule has 0 radical (unpaired) electrons. The molecular formula is C21H32N4O3S. The zero-order valence-corrected chi connectivity index (χ0v) is 18.7. The molecule has 0 aromatic carbocycles. The molecule has 2 N–H and O–H groups in total. The van der Waals surface area contributed by atoms with E-state index in [1.807, 2.05) is 13.8 Å². The number of nitrogens with zero attached hydrogens (tertiary/aromatic N) is 2. The van der Waals surface area contributed by atoms with E-state index >= 15 is 0 Å². The van der Waals surface area contributed by atoms with E-state index in [0.717, 1.165) is 10.9 Å².